The maximum atomic E-state index is 13.7. The molecule has 4 aliphatic rings. The van der Waals surface area contributed by atoms with Crippen molar-refractivity contribution < 1.29 is 9.38 Å². The fourth-order valence-corrected chi connectivity index (χ4v) is 6.11. The van der Waals surface area contributed by atoms with Crippen LogP contribution >= 0.6 is 0 Å². The first kappa shape index (κ1) is 14.8. The summed E-state index contributed by atoms with van der Waals surface area (Å²) < 4.78 is 5.48. The number of nitrogens with zero attached hydrogens (tertiary/aromatic N) is 1. The van der Waals surface area contributed by atoms with Crippen LogP contribution in [0.5, 0.6) is 5.75 Å². The van der Waals surface area contributed by atoms with Crippen LogP contribution in [0.2, 0.25) is 0 Å². The van der Waals surface area contributed by atoms with Gasteiger partial charge in [0, 0.05) is 34.9 Å². The number of piperidine rings is 2. The third-order valence-corrected chi connectivity index (χ3v) is 7.01. The van der Waals surface area contributed by atoms with Crippen molar-refractivity contribution in [2.24, 2.45) is 11.8 Å². The molecule has 4 bridgehead atoms. The van der Waals surface area contributed by atoms with Gasteiger partial charge in [0.1, 0.15) is 5.75 Å². The maximum Gasteiger partial charge on any atom is 0.119 e. The molecule has 4 heteroatoms. The molecule has 1 N–H and O–H groups in total. The van der Waals surface area contributed by atoms with Crippen molar-refractivity contribution >= 4 is 10.9 Å². The summed E-state index contributed by atoms with van der Waals surface area (Å²) in [5.41, 5.74) is 3.94. The van der Waals surface area contributed by atoms with E-state index in [0.29, 0.717) is 17.8 Å². The Morgan fingerprint density at radius 3 is 3.00 bits per heavy atom. The Morgan fingerprint density at radius 2 is 2.21 bits per heavy atom. The van der Waals surface area contributed by atoms with E-state index in [1.165, 1.54) is 35.0 Å². The molecule has 1 aliphatic carbocycles. The van der Waals surface area contributed by atoms with Gasteiger partial charge in [0.15, 0.2) is 0 Å². The predicted molar refractivity (Wildman–Crippen MR) is 95.0 cm³/mol. The molecule has 1 aromatic heterocycles. The van der Waals surface area contributed by atoms with Crippen molar-refractivity contribution in [1.82, 2.24) is 4.98 Å². The monoisotopic (exact) mass is 326 g/mol. The largest absolute Gasteiger partial charge is 0.633 e. The molecule has 4 heterocycles. The van der Waals surface area contributed by atoms with E-state index in [2.05, 4.69) is 24.0 Å². The molecular weight excluding hydrogens is 300 g/mol. The Bertz CT molecular complexity index is 798. The van der Waals surface area contributed by atoms with Gasteiger partial charge < -0.3 is 19.6 Å². The average Bonchev–Trinajstić information content (AvgIpc) is 2.93. The molecule has 2 aromatic rings. The van der Waals surface area contributed by atoms with Crippen molar-refractivity contribution in [3.8, 4) is 5.75 Å². The Hall–Kier alpha value is -1.52. The van der Waals surface area contributed by atoms with Crippen LogP contribution in [0.3, 0.4) is 0 Å². The first-order valence-electron chi connectivity index (χ1n) is 9.39. The first-order chi connectivity index (χ1) is 11.6. The lowest BCUT2D eigenvalue weighted by molar-refractivity contribution is -0.925. The smallest absolute Gasteiger partial charge is 0.119 e. The summed E-state index contributed by atoms with van der Waals surface area (Å²) in [6.45, 7) is 3.86. The number of hydroxylamine groups is 3. The number of aromatic amines is 1. The van der Waals surface area contributed by atoms with E-state index >= 15 is 0 Å². The van der Waals surface area contributed by atoms with E-state index in [1.54, 1.807) is 7.11 Å². The van der Waals surface area contributed by atoms with Gasteiger partial charge in [-0.05, 0) is 43.0 Å². The highest BCUT2D eigenvalue weighted by atomic mass is 16.5. The number of rotatable bonds is 2. The van der Waals surface area contributed by atoms with Gasteiger partial charge >= 0.3 is 0 Å². The fourth-order valence-electron chi connectivity index (χ4n) is 6.11. The van der Waals surface area contributed by atoms with Crippen LogP contribution in [0, 0.1) is 17.0 Å². The first-order valence-corrected chi connectivity index (χ1v) is 9.39. The fraction of sp³-hybridized carbons (Fsp3) is 0.600. The van der Waals surface area contributed by atoms with Crippen molar-refractivity contribution in [3.63, 3.8) is 0 Å². The van der Waals surface area contributed by atoms with E-state index in [4.69, 9.17) is 4.74 Å². The Morgan fingerprint density at radius 1 is 1.33 bits per heavy atom. The minimum Gasteiger partial charge on any atom is -0.633 e. The lowest BCUT2D eigenvalue weighted by Gasteiger charge is -2.62. The van der Waals surface area contributed by atoms with E-state index in [-0.39, 0.29) is 10.7 Å². The van der Waals surface area contributed by atoms with Crippen LogP contribution in [-0.4, -0.2) is 35.9 Å². The summed E-state index contributed by atoms with van der Waals surface area (Å²) in [7, 11) is 1.72. The van der Waals surface area contributed by atoms with Crippen molar-refractivity contribution in [2.45, 2.75) is 44.6 Å². The number of hydrogen-bond acceptors (Lipinski definition) is 2. The van der Waals surface area contributed by atoms with Gasteiger partial charge in [0.2, 0.25) is 0 Å². The number of ether oxygens (including phenoxy) is 1. The summed E-state index contributed by atoms with van der Waals surface area (Å²) >= 11 is 0. The normalized spacial score (nSPS) is 37.3. The minimum absolute atomic E-state index is 0.0574. The molecule has 0 unspecified atom stereocenters. The second-order valence-electron chi connectivity index (χ2n) is 8.14. The molecule has 2 saturated heterocycles. The summed E-state index contributed by atoms with van der Waals surface area (Å²) in [5, 5.41) is 14.9. The number of hydrogen-bond donors (Lipinski definition) is 1. The molecule has 6 rings (SSSR count). The highest BCUT2D eigenvalue weighted by molar-refractivity contribution is 5.86. The Kier molecular flexibility index (Phi) is 3.08. The second kappa shape index (κ2) is 4.99. The van der Waals surface area contributed by atoms with Gasteiger partial charge in [-0.3, -0.25) is 0 Å². The maximum absolute atomic E-state index is 13.7. The highest BCUT2D eigenvalue weighted by Gasteiger charge is 2.55. The third kappa shape index (κ3) is 1.87. The number of quaternary nitrogens is 1. The van der Waals surface area contributed by atoms with Crippen LogP contribution < -0.4 is 4.74 Å². The van der Waals surface area contributed by atoms with Crippen molar-refractivity contribution in [3.05, 3.63) is 34.7 Å². The molecule has 0 radical (unpaired) electrons. The van der Waals surface area contributed by atoms with Gasteiger partial charge in [-0.15, -0.1) is 0 Å². The molecule has 24 heavy (non-hydrogen) atoms. The minimum atomic E-state index is 0.0574. The molecule has 128 valence electrons. The van der Waals surface area contributed by atoms with Crippen LogP contribution in [0.15, 0.2) is 18.2 Å². The van der Waals surface area contributed by atoms with Crippen LogP contribution in [0.1, 0.15) is 43.4 Å². The van der Waals surface area contributed by atoms with Crippen LogP contribution in [-0.2, 0) is 6.42 Å². The zero-order valence-corrected chi connectivity index (χ0v) is 14.5. The third-order valence-electron chi connectivity index (χ3n) is 7.01. The van der Waals surface area contributed by atoms with E-state index in [1.807, 2.05) is 6.07 Å². The SMILES string of the molecule is CC[C@H]1C[C@@H]2C[C@H]3c4[nH]c5ccc(OC)cc5c4CC[N@@+]([O-])(C2)[C@@H]13. The van der Waals surface area contributed by atoms with Gasteiger partial charge in [-0.2, -0.15) is 0 Å². The lowest BCUT2D eigenvalue weighted by atomic mass is 9.65. The number of methoxy groups -OCH3 is 1. The molecule has 3 aliphatic heterocycles. The molecule has 0 spiro atoms. The quantitative estimate of drug-likeness (QED) is 0.671. The zero-order chi connectivity index (χ0) is 16.5. The van der Waals surface area contributed by atoms with Gasteiger partial charge in [-0.25, -0.2) is 0 Å². The number of aromatic nitrogens is 1. The zero-order valence-electron chi connectivity index (χ0n) is 14.5. The Balaban J connectivity index is 1.69. The summed E-state index contributed by atoms with van der Waals surface area (Å²) in [5.74, 6) is 2.51. The van der Waals surface area contributed by atoms with Gasteiger partial charge in [0.05, 0.1) is 32.2 Å². The van der Waals surface area contributed by atoms with Crippen molar-refractivity contribution in [2.75, 3.05) is 20.2 Å². The van der Waals surface area contributed by atoms with E-state index in [0.717, 1.165) is 31.7 Å². The lowest BCUT2D eigenvalue weighted by Crippen LogP contribution is -2.65. The van der Waals surface area contributed by atoms with Crippen molar-refractivity contribution in [1.29, 1.82) is 0 Å². The van der Waals surface area contributed by atoms with E-state index in [9.17, 15) is 5.21 Å². The molecule has 1 aromatic carbocycles. The Labute approximate surface area is 143 Å². The number of fused-ring (bicyclic) bond motifs is 4. The molecule has 4 nitrogen and oxygen atoms in total. The molecule has 1 saturated carbocycles. The van der Waals surface area contributed by atoms with Crippen LogP contribution in [0.25, 0.3) is 10.9 Å². The average molecular weight is 326 g/mol. The van der Waals surface area contributed by atoms with Gasteiger partial charge in [-0.1, -0.05) is 6.92 Å². The molecule has 5 atom stereocenters. The summed E-state index contributed by atoms with van der Waals surface area (Å²) in [6, 6.07) is 6.55. The number of H-pyrrole nitrogens is 1. The number of benzene rings is 1. The van der Waals surface area contributed by atoms with Crippen LogP contribution in [0.4, 0.5) is 0 Å². The van der Waals surface area contributed by atoms with Gasteiger partial charge in [0.25, 0.3) is 0 Å². The molecular formula is C20H26N2O2. The topological polar surface area (TPSA) is 48.1 Å². The predicted octanol–water partition coefficient (Wildman–Crippen LogP) is 3.95. The molecule has 0 amide bonds. The molecule has 3 fully saturated rings. The standard InChI is InChI=1S/C20H26N2O2/c1-3-13-8-12-9-17-19-15(6-7-22(23,11-12)20(13)17)16-10-14(24-2)4-5-18(16)21-19/h4-5,10,12-13,17,20-21H,3,6-9,11H2,1-2H3/t12-,13+,17+,20+,22-/m1/s1. The summed E-state index contributed by atoms with van der Waals surface area (Å²) in [6.07, 6.45) is 4.50. The van der Waals surface area contributed by atoms with E-state index < -0.39 is 0 Å². The second-order valence-corrected chi connectivity index (χ2v) is 8.14. The highest BCUT2D eigenvalue weighted by Crippen LogP contribution is 2.54. The summed E-state index contributed by atoms with van der Waals surface area (Å²) in [4.78, 5) is 3.71. The number of nitrogens with one attached hydrogen (secondary N) is 1.